The third-order valence-electron chi connectivity index (χ3n) is 2.48. The molecule has 0 N–H and O–H groups in total. The van der Waals surface area contributed by atoms with Crippen LogP contribution in [-0.2, 0) is 18.5 Å². The van der Waals surface area contributed by atoms with Crippen molar-refractivity contribution in [3.8, 4) is 0 Å². The zero-order chi connectivity index (χ0) is 15.3. The lowest BCUT2D eigenvalue weighted by Crippen LogP contribution is -2.13. The summed E-state index contributed by atoms with van der Waals surface area (Å²) in [6, 6.07) is 2.54. The second kappa shape index (κ2) is 7.40. The number of ether oxygens (including phenoxy) is 2. The van der Waals surface area contributed by atoms with E-state index in [9.17, 15) is 13.2 Å². The van der Waals surface area contributed by atoms with Gasteiger partial charge in [-0.2, -0.15) is 0 Å². The van der Waals surface area contributed by atoms with Crippen LogP contribution in [0.25, 0.3) is 0 Å². The molecule has 0 heterocycles. The van der Waals surface area contributed by atoms with Crippen molar-refractivity contribution in [2.45, 2.75) is 18.7 Å². The molecular formula is C12H14BrClO5S. The maximum atomic E-state index is 11.9. The molecule has 1 aromatic rings. The van der Waals surface area contributed by atoms with Gasteiger partial charge in [0, 0.05) is 21.8 Å². The molecule has 0 aromatic heterocycles. The van der Waals surface area contributed by atoms with Gasteiger partial charge in [0.25, 0.3) is 9.05 Å². The Bertz CT molecular complexity index is 600. The van der Waals surface area contributed by atoms with Crippen LogP contribution in [0.1, 0.15) is 22.8 Å². The van der Waals surface area contributed by atoms with E-state index in [1.54, 1.807) is 6.92 Å². The highest BCUT2D eigenvalue weighted by molar-refractivity contribution is 9.10. The van der Waals surface area contributed by atoms with Crippen molar-refractivity contribution in [1.82, 2.24) is 0 Å². The Labute approximate surface area is 130 Å². The summed E-state index contributed by atoms with van der Waals surface area (Å²) in [4.78, 5) is 11.8. The van der Waals surface area contributed by atoms with Gasteiger partial charge in [0.1, 0.15) is 6.61 Å². The van der Waals surface area contributed by atoms with Crippen LogP contribution in [0.4, 0.5) is 0 Å². The minimum atomic E-state index is -3.92. The zero-order valence-electron chi connectivity index (χ0n) is 11.0. The Morgan fingerprint density at radius 2 is 2.00 bits per heavy atom. The molecule has 1 aromatic carbocycles. The number of hydrogen-bond acceptors (Lipinski definition) is 5. The van der Waals surface area contributed by atoms with E-state index in [0.29, 0.717) is 16.6 Å². The topological polar surface area (TPSA) is 69.7 Å². The molecule has 0 saturated heterocycles. The molecule has 0 unspecified atom stereocenters. The van der Waals surface area contributed by atoms with E-state index in [1.165, 1.54) is 12.1 Å². The van der Waals surface area contributed by atoms with Crippen LogP contribution < -0.4 is 0 Å². The second-order valence-corrected chi connectivity index (χ2v) is 7.27. The number of carbonyl (C=O) groups excluding carboxylic acids is 1. The van der Waals surface area contributed by atoms with E-state index in [1.807, 2.05) is 6.92 Å². The molecule has 0 fully saturated rings. The van der Waals surface area contributed by atoms with Crippen molar-refractivity contribution in [3.05, 3.63) is 27.7 Å². The SMILES string of the molecule is CCOCCOC(=O)c1cc(S(=O)(=O)Cl)cc(Br)c1C. The van der Waals surface area contributed by atoms with Crippen molar-refractivity contribution in [1.29, 1.82) is 0 Å². The maximum absolute atomic E-state index is 11.9. The van der Waals surface area contributed by atoms with E-state index >= 15 is 0 Å². The fraction of sp³-hybridized carbons (Fsp3) is 0.417. The van der Waals surface area contributed by atoms with Gasteiger partial charge in [-0.25, -0.2) is 13.2 Å². The van der Waals surface area contributed by atoms with Gasteiger partial charge in [-0.1, -0.05) is 15.9 Å². The van der Waals surface area contributed by atoms with E-state index in [-0.39, 0.29) is 23.7 Å². The molecule has 0 amide bonds. The first-order chi connectivity index (χ1) is 9.27. The van der Waals surface area contributed by atoms with Crippen LogP contribution in [-0.4, -0.2) is 34.2 Å². The summed E-state index contributed by atoms with van der Waals surface area (Å²) in [6.45, 7) is 4.42. The zero-order valence-corrected chi connectivity index (χ0v) is 14.1. The quantitative estimate of drug-likeness (QED) is 0.428. The molecular weight excluding hydrogens is 372 g/mol. The largest absolute Gasteiger partial charge is 0.460 e. The second-order valence-electron chi connectivity index (χ2n) is 3.85. The minimum absolute atomic E-state index is 0.0988. The van der Waals surface area contributed by atoms with Gasteiger partial charge >= 0.3 is 5.97 Å². The van der Waals surface area contributed by atoms with Crippen LogP contribution in [0, 0.1) is 6.92 Å². The molecule has 0 saturated carbocycles. The lowest BCUT2D eigenvalue weighted by molar-refractivity contribution is 0.0334. The molecule has 0 atom stereocenters. The number of carbonyl (C=O) groups is 1. The van der Waals surface area contributed by atoms with Gasteiger partial charge in [-0.3, -0.25) is 0 Å². The summed E-state index contributed by atoms with van der Waals surface area (Å²) >= 11 is 3.20. The Kier molecular flexibility index (Phi) is 6.44. The minimum Gasteiger partial charge on any atom is -0.460 e. The highest BCUT2D eigenvalue weighted by Gasteiger charge is 2.19. The Hall–Kier alpha value is -0.630. The van der Waals surface area contributed by atoms with Gasteiger partial charge < -0.3 is 9.47 Å². The Morgan fingerprint density at radius 1 is 1.35 bits per heavy atom. The van der Waals surface area contributed by atoms with Gasteiger partial charge in [-0.05, 0) is 31.5 Å². The molecule has 112 valence electrons. The molecule has 0 spiro atoms. The summed E-state index contributed by atoms with van der Waals surface area (Å²) < 4.78 is 33.2. The van der Waals surface area contributed by atoms with Crippen LogP contribution in [0.3, 0.4) is 0 Å². The molecule has 0 radical (unpaired) electrons. The average Bonchev–Trinajstić information content (AvgIpc) is 2.36. The summed E-state index contributed by atoms with van der Waals surface area (Å²) in [5.74, 6) is -0.620. The van der Waals surface area contributed by atoms with Gasteiger partial charge in [0.05, 0.1) is 17.1 Å². The number of benzene rings is 1. The first-order valence-corrected chi connectivity index (χ1v) is 8.87. The number of hydrogen-bond donors (Lipinski definition) is 0. The van der Waals surface area contributed by atoms with Crippen LogP contribution in [0.2, 0.25) is 0 Å². The normalized spacial score (nSPS) is 11.4. The summed E-state index contributed by atoms with van der Waals surface area (Å²) in [7, 11) is 1.37. The summed E-state index contributed by atoms with van der Waals surface area (Å²) in [6.07, 6.45) is 0. The smallest absolute Gasteiger partial charge is 0.338 e. The van der Waals surface area contributed by atoms with Crippen molar-refractivity contribution >= 4 is 41.6 Å². The van der Waals surface area contributed by atoms with E-state index in [2.05, 4.69) is 15.9 Å². The predicted molar refractivity (Wildman–Crippen MR) is 78.7 cm³/mol. The van der Waals surface area contributed by atoms with Gasteiger partial charge in [-0.15, -0.1) is 0 Å². The maximum Gasteiger partial charge on any atom is 0.338 e. The van der Waals surface area contributed by atoms with E-state index in [0.717, 1.165) is 0 Å². The third kappa shape index (κ3) is 4.73. The van der Waals surface area contributed by atoms with Crippen molar-refractivity contribution in [2.24, 2.45) is 0 Å². The van der Waals surface area contributed by atoms with E-state index in [4.69, 9.17) is 20.2 Å². The molecule has 20 heavy (non-hydrogen) atoms. The predicted octanol–water partition coefficient (Wildman–Crippen LogP) is 2.88. The van der Waals surface area contributed by atoms with Crippen molar-refractivity contribution < 1.29 is 22.7 Å². The van der Waals surface area contributed by atoms with Crippen LogP contribution >= 0.6 is 26.6 Å². The Balaban J connectivity index is 2.99. The average molecular weight is 386 g/mol. The number of rotatable bonds is 6. The lowest BCUT2D eigenvalue weighted by atomic mass is 10.1. The molecule has 0 aliphatic heterocycles. The van der Waals surface area contributed by atoms with Crippen LogP contribution in [0.15, 0.2) is 21.5 Å². The molecule has 0 aliphatic rings. The molecule has 8 heteroatoms. The van der Waals surface area contributed by atoms with Gasteiger partial charge in [0.2, 0.25) is 0 Å². The van der Waals surface area contributed by atoms with Crippen molar-refractivity contribution in [3.63, 3.8) is 0 Å². The standard InChI is InChI=1S/C12H14BrClO5S/c1-3-18-4-5-19-12(15)10-6-9(20(14,16)17)7-11(13)8(10)2/h6-7H,3-5H2,1-2H3. The fourth-order valence-electron chi connectivity index (χ4n) is 1.42. The van der Waals surface area contributed by atoms with Crippen LogP contribution in [0.5, 0.6) is 0 Å². The third-order valence-corrected chi connectivity index (χ3v) is 4.64. The summed E-state index contributed by atoms with van der Waals surface area (Å²) in [5, 5.41) is 0. The Morgan fingerprint density at radius 3 is 2.55 bits per heavy atom. The lowest BCUT2D eigenvalue weighted by Gasteiger charge is -2.10. The number of esters is 1. The summed E-state index contributed by atoms with van der Waals surface area (Å²) in [5.41, 5.74) is 0.727. The van der Waals surface area contributed by atoms with Gasteiger partial charge in [0.15, 0.2) is 0 Å². The molecule has 1 rings (SSSR count). The molecule has 0 bridgehead atoms. The molecule has 0 aliphatic carbocycles. The number of halogens is 2. The van der Waals surface area contributed by atoms with Crippen molar-refractivity contribution in [2.75, 3.05) is 19.8 Å². The van der Waals surface area contributed by atoms with E-state index < -0.39 is 15.0 Å². The first kappa shape index (κ1) is 17.4. The monoisotopic (exact) mass is 384 g/mol. The highest BCUT2D eigenvalue weighted by Crippen LogP contribution is 2.27. The fourth-order valence-corrected chi connectivity index (χ4v) is 2.82. The molecule has 5 nitrogen and oxygen atoms in total. The highest BCUT2D eigenvalue weighted by atomic mass is 79.9. The first-order valence-electron chi connectivity index (χ1n) is 5.77.